The fourth-order valence-corrected chi connectivity index (χ4v) is 4.74. The van der Waals surface area contributed by atoms with E-state index >= 15 is 0 Å². The molecule has 5 aromatic rings. The molecule has 0 spiro atoms. The molecule has 1 heterocycles. The molecule has 37 heavy (non-hydrogen) atoms. The van der Waals surface area contributed by atoms with Gasteiger partial charge in [-0.2, -0.15) is 0 Å². The van der Waals surface area contributed by atoms with E-state index in [9.17, 15) is 9.59 Å². The molecule has 0 radical (unpaired) electrons. The molecule has 0 saturated carbocycles. The first-order valence-electron chi connectivity index (χ1n) is 11.2. The van der Waals surface area contributed by atoms with E-state index in [4.69, 9.17) is 27.6 Å². The van der Waals surface area contributed by atoms with Gasteiger partial charge in [-0.15, -0.1) is 11.8 Å². The highest BCUT2D eigenvalue weighted by Crippen LogP contribution is 2.26. The molecule has 0 aliphatic rings. The number of para-hydroxylation sites is 2. The van der Waals surface area contributed by atoms with E-state index in [2.05, 4.69) is 15.6 Å². The lowest BCUT2D eigenvalue weighted by atomic mass is 10.2. The molecule has 2 N–H and O–H groups in total. The maximum atomic E-state index is 12.5. The lowest BCUT2D eigenvalue weighted by molar-refractivity contribution is -0.113. The average molecular weight is 548 g/mol. The Bertz CT molecular complexity index is 1550. The Morgan fingerprint density at radius 3 is 2.27 bits per heavy atom. The molecule has 0 unspecified atom stereocenters. The predicted octanol–water partition coefficient (Wildman–Crippen LogP) is 7.78. The van der Waals surface area contributed by atoms with E-state index < -0.39 is 0 Å². The first-order valence-corrected chi connectivity index (χ1v) is 12.9. The van der Waals surface area contributed by atoms with Crippen LogP contribution in [-0.2, 0) is 4.79 Å². The highest BCUT2D eigenvalue weighted by Gasteiger charge is 2.12. The van der Waals surface area contributed by atoms with Gasteiger partial charge in [-0.3, -0.25) is 9.59 Å². The Kier molecular flexibility index (Phi) is 7.46. The van der Waals surface area contributed by atoms with E-state index in [-0.39, 0.29) is 22.6 Å². The Balaban J connectivity index is 1.13. The lowest BCUT2D eigenvalue weighted by Crippen LogP contribution is -2.14. The number of carbonyl (C=O) groups excluding carboxylic acids is 2. The fraction of sp³-hybridized carbons (Fsp3) is 0.0357. The SMILES string of the molecule is O=C(CSc1ccc(NC(=O)c2ccc(Cl)cc2Cl)cc1)Nc1ccc(-c2nc3ccccc3o2)cc1. The number of oxazole rings is 1. The number of nitrogens with one attached hydrogen (secondary N) is 2. The van der Waals surface area contributed by atoms with E-state index in [1.807, 2.05) is 60.7 Å². The molecule has 0 bridgehead atoms. The number of rotatable bonds is 7. The van der Waals surface area contributed by atoms with Gasteiger partial charge >= 0.3 is 0 Å². The van der Waals surface area contributed by atoms with Crippen molar-refractivity contribution in [3.63, 3.8) is 0 Å². The fourth-order valence-electron chi connectivity index (χ4n) is 3.54. The summed E-state index contributed by atoms with van der Waals surface area (Å²) >= 11 is 13.4. The number of benzene rings is 4. The third-order valence-electron chi connectivity index (χ3n) is 5.37. The Labute approximate surface area is 227 Å². The summed E-state index contributed by atoms with van der Waals surface area (Å²) in [5.41, 5.74) is 3.99. The quantitative estimate of drug-likeness (QED) is 0.203. The number of aromatic nitrogens is 1. The Hall–Kier alpha value is -3.78. The summed E-state index contributed by atoms with van der Waals surface area (Å²) in [5, 5.41) is 6.44. The van der Waals surface area contributed by atoms with Gasteiger partial charge in [0, 0.05) is 26.9 Å². The second-order valence-electron chi connectivity index (χ2n) is 8.00. The normalized spacial score (nSPS) is 10.9. The summed E-state index contributed by atoms with van der Waals surface area (Å²) in [6.07, 6.45) is 0. The number of amides is 2. The minimum atomic E-state index is -0.330. The van der Waals surface area contributed by atoms with Crippen LogP contribution in [-0.4, -0.2) is 22.6 Å². The number of anilines is 2. The van der Waals surface area contributed by atoms with Gasteiger partial charge in [0.1, 0.15) is 5.52 Å². The number of halogens is 2. The Morgan fingerprint density at radius 1 is 0.838 bits per heavy atom. The molecule has 6 nitrogen and oxygen atoms in total. The van der Waals surface area contributed by atoms with Gasteiger partial charge in [-0.1, -0.05) is 35.3 Å². The van der Waals surface area contributed by atoms with Gasteiger partial charge in [0.15, 0.2) is 5.58 Å². The summed E-state index contributed by atoms with van der Waals surface area (Å²) in [5.74, 6) is 0.308. The second-order valence-corrected chi connectivity index (χ2v) is 9.90. The molecule has 0 atom stereocenters. The number of hydrogen-bond donors (Lipinski definition) is 2. The third kappa shape index (κ3) is 6.14. The maximum Gasteiger partial charge on any atom is 0.257 e. The van der Waals surface area contributed by atoms with Crippen LogP contribution in [0.3, 0.4) is 0 Å². The zero-order valence-electron chi connectivity index (χ0n) is 19.2. The molecule has 2 amide bonds. The molecule has 0 fully saturated rings. The van der Waals surface area contributed by atoms with Crippen LogP contribution in [0, 0.1) is 0 Å². The van der Waals surface area contributed by atoms with Gasteiger partial charge in [0.2, 0.25) is 11.8 Å². The van der Waals surface area contributed by atoms with Crippen LogP contribution >= 0.6 is 35.0 Å². The van der Waals surface area contributed by atoms with Crippen LogP contribution < -0.4 is 10.6 Å². The molecule has 5 rings (SSSR count). The van der Waals surface area contributed by atoms with Gasteiger partial charge in [-0.25, -0.2) is 4.98 Å². The molecule has 184 valence electrons. The molecular formula is C28H19Cl2N3O3S. The zero-order chi connectivity index (χ0) is 25.8. The average Bonchev–Trinajstić information content (AvgIpc) is 3.33. The van der Waals surface area contributed by atoms with E-state index in [0.29, 0.717) is 27.9 Å². The smallest absolute Gasteiger partial charge is 0.257 e. The topological polar surface area (TPSA) is 84.2 Å². The van der Waals surface area contributed by atoms with Crippen LogP contribution in [0.15, 0.2) is 100 Å². The highest BCUT2D eigenvalue weighted by molar-refractivity contribution is 8.00. The summed E-state index contributed by atoms with van der Waals surface area (Å²) in [7, 11) is 0. The molecule has 0 saturated heterocycles. The Morgan fingerprint density at radius 2 is 1.54 bits per heavy atom. The molecule has 0 aliphatic heterocycles. The maximum absolute atomic E-state index is 12.5. The summed E-state index contributed by atoms with van der Waals surface area (Å²) in [6.45, 7) is 0. The molecule has 4 aromatic carbocycles. The number of fused-ring (bicyclic) bond motifs is 1. The van der Waals surface area contributed by atoms with Crippen LogP contribution in [0.1, 0.15) is 10.4 Å². The molecule has 0 aliphatic carbocycles. The first kappa shape index (κ1) is 24.9. The van der Waals surface area contributed by atoms with Gasteiger partial charge in [0.05, 0.1) is 16.3 Å². The van der Waals surface area contributed by atoms with Crippen LogP contribution in [0.4, 0.5) is 11.4 Å². The van der Waals surface area contributed by atoms with Gasteiger partial charge in [-0.05, 0) is 78.9 Å². The number of carbonyl (C=O) groups is 2. The monoisotopic (exact) mass is 547 g/mol. The number of hydrogen-bond acceptors (Lipinski definition) is 5. The summed E-state index contributed by atoms with van der Waals surface area (Å²) in [6, 6.07) is 26.9. The summed E-state index contributed by atoms with van der Waals surface area (Å²) in [4.78, 5) is 30.3. The van der Waals surface area contributed by atoms with Gasteiger partial charge < -0.3 is 15.1 Å². The lowest BCUT2D eigenvalue weighted by Gasteiger charge is -2.08. The second kappa shape index (κ2) is 11.1. The van der Waals surface area contributed by atoms with E-state index in [0.717, 1.165) is 21.6 Å². The standard InChI is InChI=1S/C28H19Cl2N3O3S/c29-18-7-14-22(23(30)15-18)27(35)32-20-10-12-21(13-11-20)37-16-26(34)31-19-8-5-17(6-9-19)28-33-24-3-1-2-4-25(24)36-28/h1-15H,16H2,(H,31,34)(H,32,35). The first-order chi connectivity index (χ1) is 17.9. The van der Waals surface area contributed by atoms with Crippen molar-refractivity contribution in [3.05, 3.63) is 107 Å². The van der Waals surface area contributed by atoms with Crippen molar-refractivity contribution in [1.82, 2.24) is 4.98 Å². The van der Waals surface area contributed by atoms with Crippen molar-refractivity contribution in [1.29, 1.82) is 0 Å². The minimum absolute atomic E-state index is 0.130. The highest BCUT2D eigenvalue weighted by atomic mass is 35.5. The van der Waals surface area contributed by atoms with E-state index in [1.54, 1.807) is 24.3 Å². The van der Waals surface area contributed by atoms with Crippen molar-refractivity contribution in [2.45, 2.75) is 4.90 Å². The third-order valence-corrected chi connectivity index (χ3v) is 6.93. The van der Waals surface area contributed by atoms with Crippen LogP contribution in [0.5, 0.6) is 0 Å². The molecular weight excluding hydrogens is 529 g/mol. The largest absolute Gasteiger partial charge is 0.436 e. The van der Waals surface area contributed by atoms with Crippen LogP contribution in [0.2, 0.25) is 10.0 Å². The number of thioether (sulfide) groups is 1. The van der Waals surface area contributed by atoms with Crippen molar-refractivity contribution in [3.8, 4) is 11.5 Å². The van der Waals surface area contributed by atoms with Crippen molar-refractivity contribution < 1.29 is 14.0 Å². The van der Waals surface area contributed by atoms with E-state index in [1.165, 1.54) is 17.8 Å². The van der Waals surface area contributed by atoms with Crippen molar-refractivity contribution in [2.75, 3.05) is 16.4 Å². The molecule has 1 aromatic heterocycles. The molecule has 9 heteroatoms. The van der Waals surface area contributed by atoms with Crippen molar-refractivity contribution >= 4 is 69.3 Å². The van der Waals surface area contributed by atoms with Gasteiger partial charge in [0.25, 0.3) is 5.91 Å². The number of nitrogens with zero attached hydrogens (tertiary/aromatic N) is 1. The van der Waals surface area contributed by atoms with Crippen LogP contribution in [0.25, 0.3) is 22.6 Å². The minimum Gasteiger partial charge on any atom is -0.436 e. The van der Waals surface area contributed by atoms with Crippen molar-refractivity contribution in [2.24, 2.45) is 0 Å². The summed E-state index contributed by atoms with van der Waals surface area (Å²) < 4.78 is 5.79. The zero-order valence-corrected chi connectivity index (χ0v) is 21.5. The predicted molar refractivity (Wildman–Crippen MR) is 150 cm³/mol.